The first-order valence-corrected chi connectivity index (χ1v) is 9.51. The first kappa shape index (κ1) is 19.4. The smallest absolute Gasteiger partial charge is 0.374 e. The van der Waals surface area contributed by atoms with Gasteiger partial charge in [0.1, 0.15) is 5.76 Å². The number of amides is 2. The number of ether oxygens (including phenoxy) is 1. The van der Waals surface area contributed by atoms with Crippen LogP contribution in [0.4, 0.5) is 5.69 Å². The Morgan fingerprint density at radius 1 is 1.17 bits per heavy atom. The Morgan fingerprint density at radius 3 is 2.80 bits per heavy atom. The molecule has 0 saturated heterocycles. The Morgan fingerprint density at radius 2 is 2.03 bits per heavy atom. The van der Waals surface area contributed by atoms with Crippen LogP contribution in [0.15, 0.2) is 59.3 Å². The normalized spacial score (nSPS) is 12.9. The summed E-state index contributed by atoms with van der Waals surface area (Å²) in [6.07, 6.45) is 5.41. The molecule has 2 N–H and O–H groups in total. The maximum atomic E-state index is 12.1. The van der Waals surface area contributed by atoms with Gasteiger partial charge in [-0.15, -0.1) is 0 Å². The number of hydrogen-bond acceptors (Lipinski definition) is 6. The topological polar surface area (TPSA) is 115 Å². The van der Waals surface area contributed by atoms with Gasteiger partial charge in [0.15, 0.2) is 6.61 Å². The summed E-state index contributed by atoms with van der Waals surface area (Å²) in [5, 5.41) is 9.56. The molecule has 1 aromatic carbocycles. The SMILES string of the molecule is O=C(COC(=O)c1ccc(Cn2cccn2)o1)Nc1cccc(C(=O)NC2CC2)c1. The van der Waals surface area contributed by atoms with Gasteiger partial charge < -0.3 is 19.8 Å². The van der Waals surface area contributed by atoms with Crippen molar-refractivity contribution in [1.82, 2.24) is 15.1 Å². The number of furan rings is 1. The van der Waals surface area contributed by atoms with Crippen molar-refractivity contribution in [2.75, 3.05) is 11.9 Å². The zero-order valence-corrected chi connectivity index (χ0v) is 16.0. The summed E-state index contributed by atoms with van der Waals surface area (Å²) >= 11 is 0. The zero-order chi connectivity index (χ0) is 20.9. The number of anilines is 1. The molecule has 0 aliphatic heterocycles. The summed E-state index contributed by atoms with van der Waals surface area (Å²) in [7, 11) is 0. The van der Waals surface area contributed by atoms with Crippen LogP contribution in [0.1, 0.15) is 39.5 Å². The molecule has 1 aliphatic rings. The van der Waals surface area contributed by atoms with E-state index in [0.717, 1.165) is 12.8 Å². The van der Waals surface area contributed by atoms with Crippen LogP contribution in [0, 0.1) is 0 Å². The Bertz CT molecular complexity index is 1050. The fourth-order valence-corrected chi connectivity index (χ4v) is 2.76. The van der Waals surface area contributed by atoms with Gasteiger partial charge in [-0.05, 0) is 49.2 Å². The first-order valence-electron chi connectivity index (χ1n) is 9.51. The number of esters is 1. The lowest BCUT2D eigenvalue weighted by Gasteiger charge is -2.08. The van der Waals surface area contributed by atoms with Crippen LogP contribution in [0.3, 0.4) is 0 Å². The van der Waals surface area contributed by atoms with E-state index in [4.69, 9.17) is 9.15 Å². The predicted molar refractivity (Wildman–Crippen MR) is 106 cm³/mol. The van der Waals surface area contributed by atoms with E-state index in [0.29, 0.717) is 23.6 Å². The van der Waals surface area contributed by atoms with E-state index < -0.39 is 18.5 Å². The van der Waals surface area contributed by atoms with Crippen LogP contribution in [0.2, 0.25) is 0 Å². The highest BCUT2D eigenvalue weighted by atomic mass is 16.5. The molecule has 4 rings (SSSR count). The fourth-order valence-electron chi connectivity index (χ4n) is 2.76. The van der Waals surface area contributed by atoms with Crippen molar-refractivity contribution in [1.29, 1.82) is 0 Å². The molecular formula is C21H20N4O5. The predicted octanol–water partition coefficient (Wildman–Crippen LogP) is 2.21. The zero-order valence-electron chi connectivity index (χ0n) is 16.0. The Hall–Kier alpha value is -3.88. The van der Waals surface area contributed by atoms with E-state index in [1.54, 1.807) is 53.5 Å². The summed E-state index contributed by atoms with van der Waals surface area (Å²) < 4.78 is 12.1. The minimum atomic E-state index is -0.741. The first-order chi connectivity index (χ1) is 14.6. The van der Waals surface area contributed by atoms with Crippen LogP contribution in [0.25, 0.3) is 0 Å². The van der Waals surface area contributed by atoms with Crippen LogP contribution in [-0.2, 0) is 16.1 Å². The Labute approximate surface area is 172 Å². The second kappa shape index (κ2) is 8.64. The molecule has 0 spiro atoms. The molecule has 0 bridgehead atoms. The molecule has 154 valence electrons. The molecule has 3 aromatic rings. The van der Waals surface area contributed by atoms with Gasteiger partial charge in [-0.25, -0.2) is 4.79 Å². The van der Waals surface area contributed by atoms with Crippen molar-refractivity contribution < 1.29 is 23.5 Å². The number of rotatable bonds is 8. The summed E-state index contributed by atoms with van der Waals surface area (Å²) in [6.45, 7) is -0.0993. The molecule has 0 radical (unpaired) electrons. The number of nitrogens with one attached hydrogen (secondary N) is 2. The minimum absolute atomic E-state index is 0.00343. The van der Waals surface area contributed by atoms with E-state index in [1.807, 2.05) is 0 Å². The summed E-state index contributed by atoms with van der Waals surface area (Å²) in [4.78, 5) is 36.3. The van der Waals surface area contributed by atoms with E-state index in [-0.39, 0.29) is 17.7 Å². The number of carbonyl (C=O) groups is 3. The van der Waals surface area contributed by atoms with Crippen LogP contribution in [-0.4, -0.2) is 40.2 Å². The maximum absolute atomic E-state index is 12.1. The van der Waals surface area contributed by atoms with Gasteiger partial charge in [0.2, 0.25) is 5.76 Å². The highest BCUT2D eigenvalue weighted by Gasteiger charge is 2.24. The van der Waals surface area contributed by atoms with E-state index >= 15 is 0 Å². The van der Waals surface area contributed by atoms with Gasteiger partial charge in [-0.3, -0.25) is 14.3 Å². The lowest BCUT2D eigenvalue weighted by atomic mass is 10.2. The van der Waals surface area contributed by atoms with Gasteiger partial charge in [0.25, 0.3) is 11.8 Å². The van der Waals surface area contributed by atoms with Crippen LogP contribution >= 0.6 is 0 Å². The fraction of sp³-hybridized carbons (Fsp3) is 0.238. The molecule has 2 amide bonds. The molecule has 0 unspecified atom stereocenters. The van der Waals surface area contributed by atoms with Crippen molar-refractivity contribution in [3.8, 4) is 0 Å². The van der Waals surface area contributed by atoms with E-state index in [2.05, 4.69) is 15.7 Å². The van der Waals surface area contributed by atoms with Crippen molar-refractivity contribution in [2.45, 2.75) is 25.4 Å². The Kier molecular flexibility index (Phi) is 5.60. The van der Waals surface area contributed by atoms with Gasteiger partial charge in [-0.2, -0.15) is 5.10 Å². The maximum Gasteiger partial charge on any atom is 0.374 e. The number of benzene rings is 1. The third-order valence-electron chi connectivity index (χ3n) is 4.40. The van der Waals surface area contributed by atoms with Crippen LogP contribution < -0.4 is 10.6 Å². The Balaban J connectivity index is 1.27. The van der Waals surface area contributed by atoms with Gasteiger partial charge in [0.05, 0.1) is 6.54 Å². The summed E-state index contributed by atoms with van der Waals surface area (Å²) in [5.41, 5.74) is 0.899. The average Bonchev–Trinajstić information content (AvgIpc) is 3.20. The summed E-state index contributed by atoms with van der Waals surface area (Å²) in [5.74, 6) is -0.898. The third kappa shape index (κ3) is 5.13. The molecule has 1 saturated carbocycles. The second-order valence-electron chi connectivity index (χ2n) is 6.92. The largest absolute Gasteiger partial charge is 0.452 e. The molecule has 9 heteroatoms. The van der Waals surface area contributed by atoms with Crippen LogP contribution in [0.5, 0.6) is 0 Å². The van der Waals surface area contributed by atoms with Gasteiger partial charge >= 0.3 is 5.97 Å². The minimum Gasteiger partial charge on any atom is -0.452 e. The van der Waals surface area contributed by atoms with Crippen molar-refractivity contribution in [3.63, 3.8) is 0 Å². The number of aromatic nitrogens is 2. The standard InChI is InChI=1S/C21H20N4O5/c26-19(23-16-4-1-3-14(11-16)20(27)24-15-5-6-15)13-29-21(28)18-8-7-17(30-18)12-25-10-2-9-22-25/h1-4,7-11,15H,5-6,12-13H2,(H,23,26)(H,24,27). The van der Waals surface area contributed by atoms with Crippen molar-refractivity contribution in [2.24, 2.45) is 0 Å². The number of hydrogen-bond donors (Lipinski definition) is 2. The molecule has 1 fully saturated rings. The second-order valence-corrected chi connectivity index (χ2v) is 6.92. The number of nitrogens with zero attached hydrogens (tertiary/aromatic N) is 2. The van der Waals surface area contributed by atoms with Crippen molar-refractivity contribution in [3.05, 3.63) is 71.9 Å². The average molecular weight is 408 g/mol. The summed E-state index contributed by atoms with van der Waals surface area (Å²) in [6, 6.07) is 11.7. The molecule has 0 atom stereocenters. The van der Waals surface area contributed by atoms with Crippen molar-refractivity contribution >= 4 is 23.5 Å². The number of carbonyl (C=O) groups excluding carboxylic acids is 3. The monoisotopic (exact) mass is 408 g/mol. The molecule has 9 nitrogen and oxygen atoms in total. The highest BCUT2D eigenvalue weighted by molar-refractivity contribution is 5.98. The molecule has 30 heavy (non-hydrogen) atoms. The van der Waals surface area contributed by atoms with Gasteiger partial charge in [-0.1, -0.05) is 6.07 Å². The quantitative estimate of drug-likeness (QED) is 0.552. The molecule has 2 aromatic heterocycles. The van der Waals surface area contributed by atoms with E-state index in [9.17, 15) is 14.4 Å². The lowest BCUT2D eigenvalue weighted by molar-refractivity contribution is -0.119. The molecule has 1 aliphatic carbocycles. The molecule has 2 heterocycles. The lowest BCUT2D eigenvalue weighted by Crippen LogP contribution is -2.25. The van der Waals surface area contributed by atoms with Gasteiger partial charge in [0, 0.05) is 29.7 Å². The highest BCUT2D eigenvalue weighted by Crippen LogP contribution is 2.20. The molecular weight excluding hydrogens is 388 g/mol. The third-order valence-corrected chi connectivity index (χ3v) is 4.40. The van der Waals surface area contributed by atoms with E-state index in [1.165, 1.54) is 6.07 Å².